The zero-order valence-corrected chi connectivity index (χ0v) is 13.4. The molecule has 20 heavy (non-hydrogen) atoms. The average Bonchev–Trinajstić information content (AvgIpc) is 3.16. The van der Waals surface area contributed by atoms with Gasteiger partial charge in [-0.05, 0) is 38.4 Å². The zero-order valence-electron chi connectivity index (χ0n) is 11.8. The lowest BCUT2D eigenvalue weighted by Gasteiger charge is -2.13. The van der Waals surface area contributed by atoms with Gasteiger partial charge in [-0.2, -0.15) is 5.10 Å². The Bertz CT molecular complexity index is 635. The SMILES string of the molecule is CCC(C)n1c(-c2csc(N3CCCC3)n2)n[nH]c1=S. The van der Waals surface area contributed by atoms with Gasteiger partial charge in [0.15, 0.2) is 15.7 Å². The van der Waals surface area contributed by atoms with Crippen LogP contribution in [-0.2, 0) is 0 Å². The van der Waals surface area contributed by atoms with Crippen LogP contribution in [0.4, 0.5) is 5.13 Å². The molecular formula is C13H19N5S2. The van der Waals surface area contributed by atoms with E-state index in [0.29, 0.717) is 10.8 Å². The standard InChI is InChI=1S/C13H19N5S2/c1-3-9(2)18-11(15-16-12(18)19)10-8-20-13(14-10)17-6-4-5-7-17/h8-9H,3-7H2,1-2H3,(H,16,19). The second-order valence-corrected chi connectivity index (χ2v) is 6.41. The van der Waals surface area contributed by atoms with Crippen LogP contribution in [0.25, 0.3) is 11.5 Å². The molecule has 0 spiro atoms. The molecule has 1 N–H and O–H groups in total. The molecule has 1 unspecified atom stereocenters. The van der Waals surface area contributed by atoms with Gasteiger partial charge in [-0.1, -0.05) is 6.92 Å². The van der Waals surface area contributed by atoms with Gasteiger partial charge in [-0.15, -0.1) is 11.3 Å². The predicted octanol–water partition coefficient (Wildman–Crippen LogP) is 3.64. The molecule has 0 aliphatic carbocycles. The van der Waals surface area contributed by atoms with Crippen molar-refractivity contribution in [2.24, 2.45) is 0 Å². The Hall–Kier alpha value is -1.21. The number of hydrogen-bond acceptors (Lipinski definition) is 5. The first kappa shape index (κ1) is 13.8. The van der Waals surface area contributed by atoms with Crippen LogP contribution < -0.4 is 4.90 Å². The van der Waals surface area contributed by atoms with Crippen molar-refractivity contribution >= 4 is 28.7 Å². The first-order valence-corrected chi connectivity index (χ1v) is 8.37. The summed E-state index contributed by atoms with van der Waals surface area (Å²) in [6.07, 6.45) is 3.55. The highest BCUT2D eigenvalue weighted by molar-refractivity contribution is 7.71. The van der Waals surface area contributed by atoms with E-state index in [1.54, 1.807) is 11.3 Å². The highest BCUT2D eigenvalue weighted by atomic mass is 32.1. The fourth-order valence-electron chi connectivity index (χ4n) is 2.50. The lowest BCUT2D eigenvalue weighted by Crippen LogP contribution is -2.17. The number of aromatic nitrogens is 4. The molecule has 0 aromatic carbocycles. The van der Waals surface area contributed by atoms with Crippen LogP contribution in [0.1, 0.15) is 39.2 Å². The summed E-state index contributed by atoms with van der Waals surface area (Å²) < 4.78 is 2.74. The molecule has 3 rings (SSSR count). The third-order valence-corrected chi connectivity index (χ3v) is 5.02. The fourth-order valence-corrected chi connectivity index (χ4v) is 3.67. The smallest absolute Gasteiger partial charge is 0.195 e. The lowest BCUT2D eigenvalue weighted by molar-refractivity contribution is 0.528. The summed E-state index contributed by atoms with van der Waals surface area (Å²) in [6.45, 7) is 6.54. The molecule has 108 valence electrons. The van der Waals surface area contributed by atoms with Gasteiger partial charge in [-0.25, -0.2) is 4.98 Å². The van der Waals surface area contributed by atoms with Gasteiger partial charge in [-0.3, -0.25) is 9.67 Å². The summed E-state index contributed by atoms with van der Waals surface area (Å²) in [5.41, 5.74) is 0.921. The van der Waals surface area contributed by atoms with Crippen molar-refractivity contribution in [3.8, 4) is 11.5 Å². The van der Waals surface area contributed by atoms with Gasteiger partial charge in [0, 0.05) is 24.5 Å². The van der Waals surface area contributed by atoms with Crippen molar-refractivity contribution in [1.82, 2.24) is 19.7 Å². The van der Waals surface area contributed by atoms with E-state index in [1.165, 1.54) is 12.8 Å². The minimum Gasteiger partial charge on any atom is -0.348 e. The second-order valence-electron chi connectivity index (χ2n) is 5.19. The average molecular weight is 309 g/mol. The van der Waals surface area contributed by atoms with Gasteiger partial charge >= 0.3 is 0 Å². The minimum atomic E-state index is 0.327. The van der Waals surface area contributed by atoms with Crippen LogP contribution in [0.15, 0.2) is 5.38 Å². The largest absolute Gasteiger partial charge is 0.348 e. The molecule has 3 heterocycles. The normalized spacial score (nSPS) is 16.8. The van der Waals surface area contributed by atoms with Crippen molar-refractivity contribution in [3.63, 3.8) is 0 Å². The fraction of sp³-hybridized carbons (Fsp3) is 0.615. The van der Waals surface area contributed by atoms with Crippen molar-refractivity contribution in [1.29, 1.82) is 0 Å². The van der Waals surface area contributed by atoms with Crippen LogP contribution >= 0.6 is 23.6 Å². The summed E-state index contributed by atoms with van der Waals surface area (Å²) in [7, 11) is 0. The third-order valence-electron chi connectivity index (χ3n) is 3.83. The molecule has 1 fully saturated rings. The molecule has 0 radical (unpaired) electrons. The quantitative estimate of drug-likeness (QED) is 0.876. The van der Waals surface area contributed by atoms with Crippen molar-refractivity contribution in [2.45, 2.75) is 39.2 Å². The molecule has 2 aromatic rings. The Morgan fingerprint density at radius 2 is 2.20 bits per heavy atom. The molecule has 2 aromatic heterocycles. The first-order valence-electron chi connectivity index (χ1n) is 7.08. The lowest BCUT2D eigenvalue weighted by atomic mass is 10.2. The Morgan fingerprint density at radius 3 is 2.90 bits per heavy atom. The molecule has 7 heteroatoms. The third kappa shape index (κ3) is 2.40. The van der Waals surface area contributed by atoms with Gasteiger partial charge in [0.1, 0.15) is 5.69 Å². The van der Waals surface area contributed by atoms with E-state index < -0.39 is 0 Å². The maximum absolute atomic E-state index is 5.34. The Labute approximate surface area is 127 Å². The molecule has 5 nitrogen and oxygen atoms in total. The van der Waals surface area contributed by atoms with E-state index in [1.807, 2.05) is 0 Å². The minimum absolute atomic E-state index is 0.327. The van der Waals surface area contributed by atoms with Gasteiger partial charge in [0.2, 0.25) is 0 Å². The van der Waals surface area contributed by atoms with E-state index in [2.05, 4.69) is 38.9 Å². The van der Waals surface area contributed by atoms with Crippen LogP contribution in [0, 0.1) is 4.77 Å². The summed E-state index contributed by atoms with van der Waals surface area (Å²) in [4.78, 5) is 7.10. The number of anilines is 1. The maximum atomic E-state index is 5.34. The Morgan fingerprint density at radius 1 is 1.45 bits per heavy atom. The highest BCUT2D eigenvalue weighted by Crippen LogP contribution is 2.30. The summed E-state index contributed by atoms with van der Waals surface area (Å²) >= 11 is 7.03. The second kappa shape index (κ2) is 5.65. The van der Waals surface area contributed by atoms with Gasteiger partial charge in [0.25, 0.3) is 0 Å². The topological polar surface area (TPSA) is 49.7 Å². The predicted molar refractivity (Wildman–Crippen MR) is 85.0 cm³/mol. The Kier molecular flexibility index (Phi) is 3.89. The molecule has 1 aliphatic heterocycles. The van der Waals surface area contributed by atoms with Crippen molar-refractivity contribution in [2.75, 3.05) is 18.0 Å². The number of hydrogen-bond donors (Lipinski definition) is 1. The van der Waals surface area contributed by atoms with Gasteiger partial charge < -0.3 is 4.90 Å². The molecule has 1 aliphatic rings. The number of aromatic amines is 1. The van der Waals surface area contributed by atoms with Gasteiger partial charge in [0.05, 0.1) is 0 Å². The van der Waals surface area contributed by atoms with E-state index in [0.717, 1.165) is 36.2 Å². The van der Waals surface area contributed by atoms with Crippen molar-refractivity contribution < 1.29 is 0 Å². The van der Waals surface area contributed by atoms with Crippen LogP contribution in [0.3, 0.4) is 0 Å². The molecule has 0 saturated carbocycles. The number of nitrogens with one attached hydrogen (secondary N) is 1. The number of nitrogens with zero attached hydrogens (tertiary/aromatic N) is 4. The van der Waals surface area contributed by atoms with Crippen LogP contribution in [0.5, 0.6) is 0 Å². The zero-order chi connectivity index (χ0) is 14.1. The number of thiazole rings is 1. The van der Waals surface area contributed by atoms with Crippen molar-refractivity contribution in [3.05, 3.63) is 10.2 Å². The van der Waals surface area contributed by atoms with E-state index >= 15 is 0 Å². The molecule has 0 bridgehead atoms. The molecule has 0 amide bonds. The summed E-state index contributed by atoms with van der Waals surface area (Å²) in [5.74, 6) is 0.853. The highest BCUT2D eigenvalue weighted by Gasteiger charge is 2.19. The van der Waals surface area contributed by atoms with E-state index in [4.69, 9.17) is 17.2 Å². The summed E-state index contributed by atoms with van der Waals surface area (Å²) in [6, 6.07) is 0.327. The maximum Gasteiger partial charge on any atom is 0.195 e. The Balaban J connectivity index is 1.95. The first-order chi connectivity index (χ1) is 9.70. The number of rotatable bonds is 4. The number of H-pyrrole nitrogens is 1. The molecular weight excluding hydrogens is 290 g/mol. The molecule has 1 atom stereocenters. The monoisotopic (exact) mass is 309 g/mol. The van der Waals surface area contributed by atoms with Crippen LogP contribution in [-0.4, -0.2) is 32.8 Å². The van der Waals surface area contributed by atoms with Crippen LogP contribution in [0.2, 0.25) is 0 Å². The molecule has 1 saturated heterocycles. The van der Waals surface area contributed by atoms with E-state index in [-0.39, 0.29) is 0 Å². The summed E-state index contributed by atoms with van der Waals surface area (Å²) in [5, 5.41) is 10.4. The van der Waals surface area contributed by atoms with E-state index in [9.17, 15) is 0 Å².